The summed E-state index contributed by atoms with van der Waals surface area (Å²) in [6, 6.07) is 0. The van der Waals surface area contributed by atoms with Crippen molar-refractivity contribution in [3.05, 3.63) is 23.5 Å². The molecule has 3 aromatic heterocycles. The van der Waals surface area contributed by atoms with Crippen molar-refractivity contribution in [3.63, 3.8) is 0 Å². The third-order valence-electron chi connectivity index (χ3n) is 7.73. The highest BCUT2D eigenvalue weighted by Gasteiger charge is 2.47. The SMILES string of the molecule is Nc1nc(Cl)c2ncn(C3OC(COP(=O)([O-])OP(=O)([O-])OP(=O)([O-])[O-])C(O)C3O)c2n1.O=C1CC=Nc2c1ncn2C1OC(COP(=O)([O-])OP(=O)([O-])OP(=O)([O-])[O-])C(O)C1O. The molecule has 2 fully saturated rings. The van der Waals surface area contributed by atoms with Gasteiger partial charge in [-0.15, -0.1) is 0 Å². The molecule has 12 unspecified atom stereocenters. The van der Waals surface area contributed by atoms with Crippen molar-refractivity contribution in [3.8, 4) is 0 Å². The zero-order valence-corrected chi connectivity index (χ0v) is 36.0. The number of halogens is 1. The molecule has 3 aromatic rings. The highest BCUT2D eigenvalue weighted by Crippen LogP contribution is 2.61. The molecule has 0 aliphatic carbocycles. The number of hydrogen-bond donors (Lipinski definition) is 5. The lowest BCUT2D eigenvalue weighted by molar-refractivity contribution is -0.342. The number of aromatic nitrogens is 6. The molecular weight excluding hydrogens is 1020 g/mol. The molecule has 35 nitrogen and oxygen atoms in total. The number of aliphatic hydroxyl groups excluding tert-OH is 4. The lowest BCUT2D eigenvalue weighted by Crippen LogP contribution is -2.34. The highest BCUT2D eigenvalue weighted by atomic mass is 35.5. The standard InChI is InChI=1S/C11H16N3O14P3.C10H15ClN5O13P3/c15-5-1-2-12-10-7(5)13-4-14(10)11-9(17)8(16)6(26-11)3-25-30(21,22)28-31(23,24)27-29(18,19)20;11-7-4-8(15-10(12)14-7)16(2-13-4)9-6(18)5(17)3(27-9)1-26-31(22,23)29-32(24,25)28-30(19,20)21/h2,4,6,8-9,11,16-17H,1,3H2,(H,21,22)(H,23,24)(H2,18,19,20);2-3,5-6,9,17-18H,1H2,(H,22,23)(H,24,25)(H2,12,14,15)(H2,19,20,21)/p-8. The Morgan fingerprint density at radius 3 is 1.63 bits per heavy atom. The van der Waals surface area contributed by atoms with Crippen LogP contribution in [0.4, 0.5) is 11.8 Å². The van der Waals surface area contributed by atoms with Crippen molar-refractivity contribution in [2.45, 2.75) is 55.5 Å². The number of carbonyl (C=O) groups excluding carboxylic acids is 1. The Bertz CT molecular complexity index is 2530. The van der Waals surface area contributed by atoms with Gasteiger partial charge in [-0.2, -0.15) is 9.97 Å². The number of imidazole rings is 2. The van der Waals surface area contributed by atoms with Crippen molar-refractivity contribution in [2.75, 3.05) is 18.9 Å². The number of ketones is 1. The van der Waals surface area contributed by atoms with Gasteiger partial charge in [0.15, 0.2) is 40.6 Å². The fraction of sp³-hybridized carbons (Fsp3) is 0.524. The van der Waals surface area contributed by atoms with Crippen LogP contribution in [0.25, 0.3) is 11.2 Å². The minimum absolute atomic E-state index is 0.00208. The maximum atomic E-state index is 11.8. The van der Waals surface area contributed by atoms with Crippen molar-refractivity contribution in [1.29, 1.82) is 0 Å². The van der Waals surface area contributed by atoms with Crippen LogP contribution < -0.4 is 44.9 Å². The number of nitrogens with two attached hydrogens (primary N) is 1. The molecule has 6 rings (SSSR count). The van der Waals surface area contributed by atoms with E-state index in [2.05, 4.69) is 51.2 Å². The smallest absolute Gasteiger partial charge is 0.278 e. The number of nitrogen functional groups attached to an aromatic ring is 1. The first-order valence-corrected chi connectivity index (χ1v) is 25.2. The number of carbonyl (C=O) groups is 1. The lowest BCUT2D eigenvalue weighted by atomic mass is 10.1. The van der Waals surface area contributed by atoms with Gasteiger partial charge in [-0.05, 0) is 0 Å². The number of aliphatic imine (C=N–C) groups is 1. The van der Waals surface area contributed by atoms with E-state index in [1.807, 2.05) is 0 Å². The molecule has 0 bridgehead atoms. The van der Waals surface area contributed by atoms with Crippen LogP contribution in [0.15, 0.2) is 17.6 Å². The second-order valence-electron chi connectivity index (χ2n) is 12.2. The Hall–Kier alpha value is -2.23. The Morgan fingerprint density at radius 2 is 1.16 bits per heavy atom. The fourth-order valence-corrected chi connectivity index (χ4v) is 11.3. The van der Waals surface area contributed by atoms with Gasteiger partial charge in [0.1, 0.15) is 42.1 Å². The van der Waals surface area contributed by atoms with E-state index in [0.29, 0.717) is 0 Å². The van der Waals surface area contributed by atoms with E-state index < -0.39 is 109 Å². The number of hydrogen-bond acceptors (Lipinski definition) is 33. The number of ether oxygens (including phenoxy) is 2. The summed E-state index contributed by atoms with van der Waals surface area (Å²) in [6.07, 6.45) is -9.30. The topological polar surface area (TPSA) is 559 Å². The van der Waals surface area contributed by atoms with Gasteiger partial charge in [0.2, 0.25) is 5.95 Å². The molecule has 0 aromatic carbocycles. The predicted molar refractivity (Wildman–Crippen MR) is 178 cm³/mol. The molecule has 6 N–H and O–H groups in total. The average molecular weight is 1040 g/mol. The molecule has 0 amide bonds. The summed E-state index contributed by atoms with van der Waals surface area (Å²) in [5.74, 6) is -0.575. The molecule has 63 heavy (non-hydrogen) atoms. The van der Waals surface area contributed by atoms with Crippen molar-refractivity contribution in [2.24, 2.45) is 4.99 Å². The van der Waals surface area contributed by atoms with Gasteiger partial charge in [-0.25, -0.2) is 23.6 Å². The molecule has 6 heterocycles. The number of aliphatic hydroxyl groups is 4. The largest absolute Gasteiger partial charge is 0.790 e. The van der Waals surface area contributed by atoms with Crippen LogP contribution >= 0.6 is 58.5 Å². The Balaban J connectivity index is 0.000000238. The minimum Gasteiger partial charge on any atom is -0.790 e. The van der Waals surface area contributed by atoms with Crippen LogP contribution in [0.3, 0.4) is 0 Å². The van der Waals surface area contributed by atoms with Gasteiger partial charge in [0, 0.05) is 12.6 Å². The van der Waals surface area contributed by atoms with Crippen LogP contribution in [0.2, 0.25) is 5.15 Å². The quantitative estimate of drug-likeness (QED) is 0.0657. The Kier molecular flexibility index (Phi) is 15.7. The van der Waals surface area contributed by atoms with Gasteiger partial charge >= 0.3 is 0 Å². The number of nitrogens with zero attached hydrogens (tertiary/aromatic N) is 7. The van der Waals surface area contributed by atoms with Gasteiger partial charge in [-0.1, -0.05) is 11.6 Å². The predicted octanol–water partition coefficient (Wildman–Crippen LogP) is -6.90. The van der Waals surface area contributed by atoms with E-state index in [0.717, 1.165) is 21.8 Å². The monoisotopic (exact) mass is 1040 g/mol. The number of phosphoric acid groups is 6. The van der Waals surface area contributed by atoms with Crippen molar-refractivity contribution < 1.29 is 128 Å². The van der Waals surface area contributed by atoms with Gasteiger partial charge < -0.3 is 93.0 Å². The third-order valence-corrected chi connectivity index (χ3v) is 15.3. The highest BCUT2D eigenvalue weighted by molar-refractivity contribution is 7.65. The number of phosphoric ester groups is 2. The summed E-state index contributed by atoms with van der Waals surface area (Å²) in [7, 11) is -36.2. The molecule has 0 spiro atoms. The molecule has 354 valence electrons. The number of anilines is 1. The second-order valence-corrected chi connectivity index (χ2v) is 21.0. The molecule has 42 heteroatoms. The molecule has 12 atom stereocenters. The van der Waals surface area contributed by atoms with Crippen LogP contribution in [-0.2, 0) is 63.2 Å². The Morgan fingerprint density at radius 1 is 0.698 bits per heavy atom. The van der Waals surface area contributed by atoms with Crippen molar-refractivity contribution >= 4 is 93.5 Å². The number of fused-ring (bicyclic) bond motifs is 2. The van der Waals surface area contributed by atoms with Gasteiger partial charge in [-0.3, -0.25) is 40.8 Å². The van der Waals surface area contributed by atoms with E-state index in [-0.39, 0.29) is 46.0 Å². The third kappa shape index (κ3) is 13.5. The van der Waals surface area contributed by atoms with Gasteiger partial charge in [0.05, 0.1) is 41.5 Å². The minimum atomic E-state index is -6.16. The van der Waals surface area contributed by atoms with Crippen LogP contribution in [0.1, 0.15) is 29.4 Å². The van der Waals surface area contributed by atoms with E-state index in [1.54, 1.807) is 0 Å². The van der Waals surface area contributed by atoms with E-state index in [4.69, 9.17) is 26.8 Å². The summed E-state index contributed by atoms with van der Waals surface area (Å²) < 4.78 is 100. The first kappa shape index (κ1) is 51.7. The summed E-state index contributed by atoms with van der Waals surface area (Å²) in [5.41, 5.74) is 5.58. The zero-order valence-electron chi connectivity index (χ0n) is 29.9. The maximum Gasteiger partial charge on any atom is 0.278 e. The van der Waals surface area contributed by atoms with Crippen LogP contribution in [0, 0.1) is 0 Å². The average Bonchev–Trinajstić information content (AvgIpc) is 3.85. The second kappa shape index (κ2) is 19.2. The lowest BCUT2D eigenvalue weighted by Gasteiger charge is -2.37. The maximum absolute atomic E-state index is 11.8. The number of Topliss-reactive ketones (excluding diaryl/α,β-unsaturated/α-hetero) is 1. The molecule has 3 aliphatic rings. The zero-order chi connectivity index (χ0) is 47.2. The van der Waals surface area contributed by atoms with Crippen LogP contribution in [-0.4, -0.2) is 111 Å². The first-order chi connectivity index (χ1) is 28.8. The van der Waals surface area contributed by atoms with Crippen LogP contribution in [0.5, 0.6) is 0 Å². The number of rotatable bonds is 16. The van der Waals surface area contributed by atoms with Crippen molar-refractivity contribution in [1.82, 2.24) is 29.1 Å². The van der Waals surface area contributed by atoms with E-state index in [9.17, 15) is 91.8 Å². The normalized spacial score (nSPS) is 29.0. The Labute approximate surface area is 352 Å². The summed E-state index contributed by atoms with van der Waals surface area (Å²) >= 11 is 5.89. The molecule has 3 aliphatic heterocycles. The first-order valence-electron chi connectivity index (χ1n) is 16.0. The fourth-order valence-electron chi connectivity index (χ4n) is 5.35. The van der Waals surface area contributed by atoms with E-state index >= 15 is 0 Å². The van der Waals surface area contributed by atoms with Gasteiger partial charge in [0.25, 0.3) is 31.3 Å². The molecule has 0 saturated carbocycles. The summed E-state index contributed by atoms with van der Waals surface area (Å²) in [4.78, 5) is 118. The molecule has 0 radical (unpaired) electrons. The van der Waals surface area contributed by atoms with E-state index in [1.165, 1.54) is 6.21 Å². The summed E-state index contributed by atoms with van der Waals surface area (Å²) in [6.45, 7) is -2.20. The molecular formula is C21H23ClN8O27P6-8. The molecule has 2 saturated heterocycles. The summed E-state index contributed by atoms with van der Waals surface area (Å²) in [5, 5.41) is 40.5.